The molecule has 0 saturated carbocycles. The van der Waals surface area contributed by atoms with Crippen molar-refractivity contribution < 1.29 is 0 Å². The number of benzene rings is 10. The number of para-hydroxylation sites is 1. The van der Waals surface area contributed by atoms with Gasteiger partial charge in [-0.3, -0.25) is 0 Å². The van der Waals surface area contributed by atoms with Gasteiger partial charge in [0.2, 0.25) is 0 Å². The molecular weight excluding hydrogens is 915 g/mol. The van der Waals surface area contributed by atoms with E-state index >= 15 is 0 Å². The molecule has 0 aliphatic heterocycles. The molecule has 1 unspecified atom stereocenters. The molecule has 0 aromatic heterocycles. The Hall–Kier alpha value is -8.00. The first-order chi connectivity index (χ1) is 36.7. The van der Waals surface area contributed by atoms with Gasteiger partial charge < -0.3 is 4.90 Å². The smallest absolute Gasteiger partial charge is 0.0714 e. The Kier molecular flexibility index (Phi) is 10.1. The van der Waals surface area contributed by atoms with Crippen LogP contribution in [0.5, 0.6) is 0 Å². The molecular formula is C75H65N. The molecule has 0 bridgehead atoms. The van der Waals surface area contributed by atoms with Crippen molar-refractivity contribution in [1.82, 2.24) is 0 Å². The zero-order valence-electron chi connectivity index (χ0n) is 45.2. The summed E-state index contributed by atoms with van der Waals surface area (Å²) in [5.41, 5.74) is 29.1. The van der Waals surface area contributed by atoms with Crippen molar-refractivity contribution in [2.24, 2.45) is 0 Å². The maximum Gasteiger partial charge on any atom is 0.0714 e. The van der Waals surface area contributed by atoms with Gasteiger partial charge in [0.1, 0.15) is 0 Å². The summed E-state index contributed by atoms with van der Waals surface area (Å²) >= 11 is 0. The van der Waals surface area contributed by atoms with Crippen molar-refractivity contribution in [1.29, 1.82) is 0 Å². The molecule has 1 atom stereocenters. The van der Waals surface area contributed by atoms with Crippen LogP contribution >= 0.6 is 0 Å². The van der Waals surface area contributed by atoms with Crippen LogP contribution in [0, 0.1) is 0 Å². The Balaban J connectivity index is 1.07. The second-order valence-corrected chi connectivity index (χ2v) is 24.7. The second kappa shape index (κ2) is 16.5. The average molecular weight is 980 g/mol. The number of rotatable bonds is 6. The number of anilines is 3. The van der Waals surface area contributed by atoms with Crippen LogP contribution in [0.2, 0.25) is 0 Å². The molecule has 1 heteroatoms. The second-order valence-electron chi connectivity index (χ2n) is 24.7. The molecule has 0 saturated heterocycles. The first-order valence-corrected chi connectivity index (χ1v) is 27.6. The molecule has 1 nitrogen and oxygen atoms in total. The molecule has 10 aromatic rings. The lowest BCUT2D eigenvalue weighted by atomic mass is 9.67. The molecule has 0 N–H and O–H groups in total. The molecule has 14 rings (SSSR count). The van der Waals surface area contributed by atoms with E-state index in [0.29, 0.717) is 0 Å². The van der Waals surface area contributed by atoms with Crippen LogP contribution in [0.1, 0.15) is 129 Å². The van der Waals surface area contributed by atoms with Crippen molar-refractivity contribution in [2.75, 3.05) is 4.90 Å². The Morgan fingerprint density at radius 2 is 0.842 bits per heavy atom. The largest absolute Gasteiger partial charge is 0.309 e. The topological polar surface area (TPSA) is 3.24 Å². The zero-order chi connectivity index (χ0) is 51.9. The molecule has 10 aromatic carbocycles. The van der Waals surface area contributed by atoms with Crippen LogP contribution in [-0.4, -0.2) is 0 Å². The van der Waals surface area contributed by atoms with Crippen LogP contribution in [0.4, 0.5) is 17.1 Å². The number of hydrogen-bond acceptors (Lipinski definition) is 1. The lowest BCUT2D eigenvalue weighted by Crippen LogP contribution is -2.29. The van der Waals surface area contributed by atoms with Crippen molar-refractivity contribution in [3.8, 4) is 44.5 Å². The van der Waals surface area contributed by atoms with Gasteiger partial charge in [-0.05, 0) is 148 Å². The predicted octanol–water partition coefficient (Wildman–Crippen LogP) is 19.3. The third kappa shape index (κ3) is 6.45. The van der Waals surface area contributed by atoms with E-state index in [9.17, 15) is 0 Å². The Labute approximate surface area is 450 Å². The maximum absolute atomic E-state index is 2.65. The fourth-order valence-electron chi connectivity index (χ4n) is 14.8. The molecule has 1 spiro atoms. The fraction of sp³-hybridized carbons (Fsp3) is 0.200. The minimum Gasteiger partial charge on any atom is -0.309 e. The van der Waals surface area contributed by atoms with E-state index in [2.05, 4.69) is 285 Å². The lowest BCUT2D eigenvalue weighted by molar-refractivity contribution is 0.588. The first kappa shape index (κ1) is 46.5. The first-order valence-electron chi connectivity index (χ1n) is 27.6. The molecule has 4 aliphatic rings. The van der Waals surface area contributed by atoms with Gasteiger partial charge in [-0.25, -0.2) is 0 Å². The number of hydrogen-bond donors (Lipinski definition) is 0. The number of aryl methyl sites for hydroxylation is 1. The van der Waals surface area contributed by atoms with Crippen molar-refractivity contribution in [2.45, 2.75) is 95.3 Å². The molecule has 76 heavy (non-hydrogen) atoms. The summed E-state index contributed by atoms with van der Waals surface area (Å²) in [5, 5.41) is 0. The van der Waals surface area contributed by atoms with Gasteiger partial charge in [0, 0.05) is 27.6 Å². The van der Waals surface area contributed by atoms with E-state index in [-0.39, 0.29) is 21.7 Å². The minimum absolute atomic E-state index is 0.0138. The van der Waals surface area contributed by atoms with E-state index in [1.807, 2.05) is 0 Å². The SMILES string of the molecule is CC(C)(C)c1ccc(C2(c3ccc(C(C)(C)C)cc3)c3ccccc3-c3c(N(c4ccc5c(c4)C4(CCc6ccccc64)c4ccccc4-5)c4ccccc4-c4cccc5c4C(C)(C)c4ccccc4-5)cccc32)cc1. The van der Waals surface area contributed by atoms with E-state index in [1.54, 1.807) is 0 Å². The molecule has 4 aliphatic carbocycles. The molecule has 0 radical (unpaired) electrons. The van der Waals surface area contributed by atoms with Gasteiger partial charge in [-0.1, -0.05) is 256 Å². The van der Waals surface area contributed by atoms with Crippen molar-refractivity contribution in [3.05, 3.63) is 291 Å². The predicted molar refractivity (Wildman–Crippen MR) is 319 cm³/mol. The highest BCUT2D eigenvalue weighted by Crippen LogP contribution is 2.63. The standard InChI is InChI=1S/C75H65N/c1-71(2,3)49-35-39-51(40-36-49)75(52-41-37-50(38-42-52)72(4,5)6)64-31-17-12-25-60(64)69-65(75)32-20-34-68(69)76(67-33-18-13-24-57(67)59-27-19-26-58-55-23-10-15-29-62(55)73(7,8)70(58)59)53-43-44-56-54-22-11-16-30-63(54)74(66(56)47-53)46-45-48-21-9-14-28-61(48)74/h9-44,47H,45-46H2,1-8H3. The van der Waals surface area contributed by atoms with Gasteiger partial charge in [0.25, 0.3) is 0 Å². The average Bonchev–Trinajstić information content (AvgIpc) is 4.20. The Morgan fingerprint density at radius 1 is 0.368 bits per heavy atom. The Morgan fingerprint density at radius 3 is 1.50 bits per heavy atom. The van der Waals surface area contributed by atoms with Crippen molar-refractivity contribution >= 4 is 17.1 Å². The third-order valence-corrected chi connectivity index (χ3v) is 18.3. The normalized spacial score (nSPS) is 16.8. The molecule has 370 valence electrons. The van der Waals surface area contributed by atoms with E-state index in [0.717, 1.165) is 24.2 Å². The summed E-state index contributed by atoms with van der Waals surface area (Å²) in [7, 11) is 0. The molecule has 0 heterocycles. The summed E-state index contributed by atoms with van der Waals surface area (Å²) in [6, 6.07) is 87.0. The summed E-state index contributed by atoms with van der Waals surface area (Å²) in [5.74, 6) is 0. The van der Waals surface area contributed by atoms with Crippen LogP contribution in [0.3, 0.4) is 0 Å². The highest BCUT2D eigenvalue weighted by atomic mass is 15.1. The van der Waals surface area contributed by atoms with Gasteiger partial charge in [0.05, 0.1) is 16.8 Å². The number of fused-ring (bicyclic) bond motifs is 13. The van der Waals surface area contributed by atoms with Crippen LogP contribution in [0.25, 0.3) is 44.5 Å². The molecule has 0 fully saturated rings. The summed E-state index contributed by atoms with van der Waals surface area (Å²) in [4.78, 5) is 2.65. The highest BCUT2D eigenvalue weighted by Gasteiger charge is 2.50. The van der Waals surface area contributed by atoms with Crippen LogP contribution in [0.15, 0.2) is 224 Å². The summed E-state index contributed by atoms with van der Waals surface area (Å²) in [6.45, 7) is 18.7. The van der Waals surface area contributed by atoms with E-state index in [4.69, 9.17) is 0 Å². The Bertz CT molecular complexity index is 3920. The quantitative estimate of drug-likeness (QED) is 0.160. The zero-order valence-corrected chi connectivity index (χ0v) is 45.2. The fourth-order valence-corrected chi connectivity index (χ4v) is 14.8. The van der Waals surface area contributed by atoms with E-state index in [1.165, 1.54) is 117 Å². The van der Waals surface area contributed by atoms with Gasteiger partial charge >= 0.3 is 0 Å². The monoisotopic (exact) mass is 980 g/mol. The van der Waals surface area contributed by atoms with Crippen LogP contribution < -0.4 is 4.90 Å². The minimum atomic E-state index is -0.604. The summed E-state index contributed by atoms with van der Waals surface area (Å²) in [6.07, 6.45) is 2.09. The van der Waals surface area contributed by atoms with Gasteiger partial charge in [-0.2, -0.15) is 0 Å². The lowest BCUT2D eigenvalue weighted by Gasteiger charge is -2.36. The van der Waals surface area contributed by atoms with Crippen molar-refractivity contribution in [3.63, 3.8) is 0 Å². The van der Waals surface area contributed by atoms with Crippen LogP contribution in [-0.2, 0) is 33.5 Å². The highest BCUT2D eigenvalue weighted by molar-refractivity contribution is 6.01. The maximum atomic E-state index is 2.65. The number of nitrogens with zero attached hydrogens (tertiary/aromatic N) is 1. The summed E-state index contributed by atoms with van der Waals surface area (Å²) < 4.78 is 0. The van der Waals surface area contributed by atoms with E-state index < -0.39 is 5.41 Å². The third-order valence-electron chi connectivity index (χ3n) is 18.3. The molecule has 0 amide bonds. The van der Waals surface area contributed by atoms with Gasteiger partial charge in [0.15, 0.2) is 0 Å². The van der Waals surface area contributed by atoms with Gasteiger partial charge in [-0.15, -0.1) is 0 Å².